The van der Waals surface area contributed by atoms with Crippen LogP contribution < -0.4 is 5.32 Å². The van der Waals surface area contributed by atoms with Crippen LogP contribution in [0.15, 0.2) is 47.6 Å². The number of halogens is 1. The van der Waals surface area contributed by atoms with Crippen molar-refractivity contribution in [2.24, 2.45) is 0 Å². The molecule has 1 heterocycles. The number of aryl methyl sites for hydroxylation is 2. The largest absolute Gasteiger partial charge is 0.480 e. The molecule has 28 heavy (non-hydrogen) atoms. The van der Waals surface area contributed by atoms with Gasteiger partial charge in [-0.05, 0) is 78.2 Å². The summed E-state index contributed by atoms with van der Waals surface area (Å²) in [5, 5.41) is 12.3. The molecule has 2 aromatic carbocycles. The highest BCUT2D eigenvalue weighted by Gasteiger charge is 2.16. The zero-order valence-electron chi connectivity index (χ0n) is 15.8. The highest BCUT2D eigenvalue weighted by Crippen LogP contribution is 2.30. The fourth-order valence-corrected chi connectivity index (χ4v) is 3.23. The van der Waals surface area contributed by atoms with Gasteiger partial charge in [-0.2, -0.15) is 0 Å². The maximum atomic E-state index is 12.1. The number of carboxylic acid groups (broad SMARTS) is 1. The Hall–Kier alpha value is -3.05. The molecule has 144 valence electrons. The minimum Gasteiger partial charge on any atom is -0.480 e. The standard InChI is InChI=1S/C22H21ClN2O3/c1-12-9-18(15-4-5-20-16(10-15)6-7-24-20)13(2)8-17(12)11-19(23)21(26)25-14(3)22(27)28/h4-11,14,24H,1-3H3,(H,25,26)(H,27,28)/b19-11-/t14-/m1/s1. The van der Waals surface area contributed by atoms with Crippen LogP contribution in [0.5, 0.6) is 0 Å². The van der Waals surface area contributed by atoms with E-state index in [9.17, 15) is 9.59 Å². The van der Waals surface area contributed by atoms with Crippen LogP contribution in [-0.2, 0) is 9.59 Å². The van der Waals surface area contributed by atoms with E-state index in [1.54, 1.807) is 6.08 Å². The van der Waals surface area contributed by atoms with Crippen molar-refractivity contribution < 1.29 is 14.7 Å². The first-order valence-electron chi connectivity index (χ1n) is 8.86. The van der Waals surface area contributed by atoms with Gasteiger partial charge in [0.15, 0.2) is 0 Å². The lowest BCUT2D eigenvalue weighted by Gasteiger charge is -2.12. The van der Waals surface area contributed by atoms with Crippen molar-refractivity contribution in [3.63, 3.8) is 0 Å². The Morgan fingerprint density at radius 2 is 1.89 bits per heavy atom. The van der Waals surface area contributed by atoms with Gasteiger partial charge in [0.25, 0.3) is 5.91 Å². The van der Waals surface area contributed by atoms with Gasteiger partial charge < -0.3 is 15.4 Å². The van der Waals surface area contributed by atoms with E-state index in [1.165, 1.54) is 6.92 Å². The molecule has 0 radical (unpaired) electrons. The second kappa shape index (κ2) is 7.90. The number of H-pyrrole nitrogens is 1. The number of carbonyl (C=O) groups excluding carboxylic acids is 1. The van der Waals surface area contributed by atoms with Gasteiger partial charge >= 0.3 is 5.97 Å². The first-order valence-corrected chi connectivity index (χ1v) is 9.23. The topological polar surface area (TPSA) is 82.2 Å². The molecule has 0 unspecified atom stereocenters. The molecule has 3 aromatic rings. The van der Waals surface area contributed by atoms with Crippen LogP contribution in [-0.4, -0.2) is 28.0 Å². The Morgan fingerprint density at radius 3 is 2.61 bits per heavy atom. The fraction of sp³-hybridized carbons (Fsp3) is 0.182. The molecule has 0 saturated heterocycles. The van der Waals surface area contributed by atoms with Crippen LogP contribution in [0.25, 0.3) is 28.1 Å². The number of rotatable bonds is 5. The van der Waals surface area contributed by atoms with Crippen LogP contribution in [0.4, 0.5) is 0 Å². The molecule has 5 nitrogen and oxygen atoms in total. The molecule has 0 fully saturated rings. The fourth-order valence-electron chi connectivity index (χ4n) is 3.06. The minimum atomic E-state index is -1.12. The number of hydrogen-bond donors (Lipinski definition) is 3. The van der Waals surface area contributed by atoms with Gasteiger partial charge in [0.2, 0.25) is 0 Å². The number of amides is 1. The Bertz CT molecular complexity index is 1100. The Balaban J connectivity index is 1.91. The summed E-state index contributed by atoms with van der Waals surface area (Å²) in [7, 11) is 0. The summed E-state index contributed by atoms with van der Waals surface area (Å²) in [5.41, 5.74) is 6.14. The molecule has 0 aliphatic carbocycles. The molecule has 0 aliphatic rings. The molecule has 0 bridgehead atoms. The first-order chi connectivity index (χ1) is 13.3. The van der Waals surface area contributed by atoms with Gasteiger partial charge in [-0.25, -0.2) is 0 Å². The van der Waals surface area contributed by atoms with Crippen LogP contribution in [0.1, 0.15) is 23.6 Å². The van der Waals surface area contributed by atoms with Crippen LogP contribution in [0, 0.1) is 13.8 Å². The average Bonchev–Trinajstić information content (AvgIpc) is 3.11. The lowest BCUT2D eigenvalue weighted by atomic mass is 9.94. The monoisotopic (exact) mass is 396 g/mol. The van der Waals surface area contributed by atoms with E-state index in [0.717, 1.165) is 38.7 Å². The third-order valence-corrected chi connectivity index (χ3v) is 4.98. The van der Waals surface area contributed by atoms with E-state index in [1.807, 2.05) is 32.2 Å². The van der Waals surface area contributed by atoms with E-state index in [4.69, 9.17) is 16.7 Å². The molecule has 0 spiro atoms. The maximum Gasteiger partial charge on any atom is 0.325 e. The van der Waals surface area contributed by atoms with Crippen LogP contribution in [0.2, 0.25) is 0 Å². The van der Waals surface area contributed by atoms with E-state index in [-0.39, 0.29) is 5.03 Å². The van der Waals surface area contributed by atoms with Crippen molar-refractivity contribution in [1.82, 2.24) is 10.3 Å². The SMILES string of the molecule is Cc1cc(-c2ccc3[nH]ccc3c2)c(C)cc1/C=C(\Cl)C(=O)N[C@H](C)C(=O)O. The van der Waals surface area contributed by atoms with Gasteiger partial charge in [-0.1, -0.05) is 29.8 Å². The number of hydrogen-bond acceptors (Lipinski definition) is 2. The predicted octanol–water partition coefficient (Wildman–Crippen LogP) is 4.62. The number of carboxylic acids is 1. The lowest BCUT2D eigenvalue weighted by Crippen LogP contribution is -2.38. The number of aromatic nitrogens is 1. The molecular weight excluding hydrogens is 376 g/mol. The van der Waals surface area contributed by atoms with Gasteiger partial charge in [-0.15, -0.1) is 0 Å². The molecule has 0 aliphatic heterocycles. The molecule has 3 rings (SSSR count). The Kier molecular flexibility index (Phi) is 5.56. The third-order valence-electron chi connectivity index (χ3n) is 4.69. The second-order valence-corrected chi connectivity index (χ2v) is 7.24. The molecule has 0 saturated carbocycles. The van der Waals surface area contributed by atoms with Crippen molar-refractivity contribution in [3.05, 3.63) is 64.3 Å². The number of aromatic amines is 1. The maximum absolute atomic E-state index is 12.1. The van der Waals surface area contributed by atoms with Crippen molar-refractivity contribution in [2.45, 2.75) is 26.8 Å². The summed E-state index contributed by atoms with van der Waals surface area (Å²) in [6.45, 7) is 5.34. The van der Waals surface area contributed by atoms with Crippen molar-refractivity contribution in [1.29, 1.82) is 0 Å². The number of nitrogens with one attached hydrogen (secondary N) is 2. The number of aliphatic carboxylic acids is 1. The third kappa shape index (κ3) is 4.10. The van der Waals surface area contributed by atoms with Gasteiger partial charge in [0, 0.05) is 11.7 Å². The van der Waals surface area contributed by atoms with Gasteiger partial charge in [0.1, 0.15) is 11.1 Å². The smallest absolute Gasteiger partial charge is 0.325 e. The van der Waals surface area contributed by atoms with E-state index >= 15 is 0 Å². The molecule has 1 atom stereocenters. The van der Waals surface area contributed by atoms with Gasteiger partial charge in [0.05, 0.1) is 0 Å². The summed E-state index contributed by atoms with van der Waals surface area (Å²) >= 11 is 6.10. The summed E-state index contributed by atoms with van der Waals surface area (Å²) in [6.07, 6.45) is 3.48. The zero-order chi connectivity index (χ0) is 20.4. The second-order valence-electron chi connectivity index (χ2n) is 6.83. The molecular formula is C22H21ClN2O3. The summed E-state index contributed by atoms with van der Waals surface area (Å²) < 4.78 is 0. The van der Waals surface area contributed by atoms with Crippen LogP contribution in [0.3, 0.4) is 0 Å². The summed E-state index contributed by atoms with van der Waals surface area (Å²) in [5.74, 6) is -1.73. The first kappa shape index (κ1) is 19.7. The normalized spacial score (nSPS) is 12.8. The van der Waals surface area contributed by atoms with Gasteiger partial charge in [-0.3, -0.25) is 9.59 Å². The molecule has 3 N–H and O–H groups in total. The zero-order valence-corrected chi connectivity index (χ0v) is 16.6. The minimum absolute atomic E-state index is 0.0582. The number of benzene rings is 2. The summed E-state index contributed by atoms with van der Waals surface area (Å²) in [6, 6.07) is 11.3. The highest BCUT2D eigenvalue weighted by atomic mass is 35.5. The quantitative estimate of drug-likeness (QED) is 0.550. The lowest BCUT2D eigenvalue weighted by molar-refractivity contribution is -0.140. The molecule has 1 amide bonds. The van der Waals surface area contributed by atoms with E-state index < -0.39 is 17.9 Å². The van der Waals surface area contributed by atoms with E-state index in [0.29, 0.717) is 0 Å². The average molecular weight is 397 g/mol. The summed E-state index contributed by atoms with van der Waals surface area (Å²) in [4.78, 5) is 26.1. The Morgan fingerprint density at radius 1 is 1.14 bits per heavy atom. The van der Waals surface area contributed by atoms with Crippen molar-refractivity contribution in [3.8, 4) is 11.1 Å². The highest BCUT2D eigenvalue weighted by molar-refractivity contribution is 6.44. The predicted molar refractivity (Wildman–Crippen MR) is 112 cm³/mol. The number of fused-ring (bicyclic) bond motifs is 1. The van der Waals surface area contributed by atoms with E-state index in [2.05, 4.69) is 34.6 Å². The van der Waals surface area contributed by atoms with Crippen molar-refractivity contribution >= 4 is 40.5 Å². The molecule has 1 aromatic heterocycles. The number of carbonyl (C=O) groups is 2. The van der Waals surface area contributed by atoms with Crippen molar-refractivity contribution in [2.75, 3.05) is 0 Å². The van der Waals surface area contributed by atoms with Crippen LogP contribution >= 0.6 is 11.6 Å². The molecule has 6 heteroatoms. The Labute approximate surface area is 168 Å².